The van der Waals surface area contributed by atoms with Crippen molar-refractivity contribution < 1.29 is 9.53 Å². The van der Waals surface area contributed by atoms with E-state index in [0.29, 0.717) is 16.3 Å². The summed E-state index contributed by atoms with van der Waals surface area (Å²) in [6.07, 6.45) is 1.69. The molecule has 0 unspecified atom stereocenters. The number of para-hydroxylation sites is 2. The number of benzene rings is 2. The molecule has 2 aromatic carbocycles. The van der Waals surface area contributed by atoms with Gasteiger partial charge in [-0.1, -0.05) is 36.0 Å². The molecule has 0 amide bonds. The summed E-state index contributed by atoms with van der Waals surface area (Å²) in [4.78, 5) is 26.2. The van der Waals surface area contributed by atoms with Gasteiger partial charge in [0.25, 0.3) is 0 Å². The van der Waals surface area contributed by atoms with E-state index in [0.717, 1.165) is 30.4 Å². The van der Waals surface area contributed by atoms with Crippen LogP contribution in [0.5, 0.6) is 0 Å². The first kappa shape index (κ1) is 19.2. The van der Waals surface area contributed by atoms with E-state index in [1.165, 1.54) is 23.1 Å². The lowest BCUT2D eigenvalue weighted by Crippen LogP contribution is -2.07. The van der Waals surface area contributed by atoms with Gasteiger partial charge in [-0.3, -0.25) is 0 Å². The van der Waals surface area contributed by atoms with E-state index >= 15 is 0 Å². The molecule has 0 saturated carbocycles. The highest BCUT2D eigenvalue weighted by Crippen LogP contribution is 2.29. The summed E-state index contributed by atoms with van der Waals surface area (Å²) in [6, 6.07) is 19.4. The molecular weight excluding hydrogens is 434 g/mol. The van der Waals surface area contributed by atoms with Gasteiger partial charge in [0.2, 0.25) is 0 Å². The van der Waals surface area contributed by atoms with Gasteiger partial charge in [-0.15, -0.1) is 22.7 Å². The molecule has 0 N–H and O–H groups in total. The zero-order valence-electron chi connectivity index (χ0n) is 15.6. The Hall–Kier alpha value is -2.81. The summed E-state index contributed by atoms with van der Waals surface area (Å²) in [5, 5.41) is 2.42. The lowest BCUT2D eigenvalue weighted by atomic mass is 10.3. The molecule has 0 fully saturated rings. The van der Waals surface area contributed by atoms with Gasteiger partial charge in [-0.05, 0) is 36.4 Å². The number of hydrogen-bond acceptors (Lipinski definition) is 8. The predicted octanol–water partition coefficient (Wildman–Crippen LogP) is 5.95. The Balaban J connectivity index is 1.27. The van der Waals surface area contributed by atoms with Crippen LogP contribution in [0.3, 0.4) is 0 Å². The molecule has 30 heavy (non-hydrogen) atoms. The van der Waals surface area contributed by atoms with Crippen molar-refractivity contribution in [3.05, 3.63) is 82.4 Å². The molecule has 0 spiro atoms. The third-order valence-electron chi connectivity index (χ3n) is 4.33. The molecule has 0 bridgehead atoms. The fraction of sp³-hybridized carbons (Fsp3) is 0.0909. The predicted molar refractivity (Wildman–Crippen MR) is 122 cm³/mol. The van der Waals surface area contributed by atoms with Crippen molar-refractivity contribution in [3.8, 4) is 0 Å². The number of thioether (sulfide) groups is 1. The van der Waals surface area contributed by atoms with Gasteiger partial charge in [0.15, 0.2) is 0 Å². The van der Waals surface area contributed by atoms with Crippen LogP contribution in [0.25, 0.3) is 20.4 Å². The van der Waals surface area contributed by atoms with Crippen LogP contribution in [0, 0.1) is 0 Å². The Morgan fingerprint density at radius 3 is 2.27 bits per heavy atom. The van der Waals surface area contributed by atoms with Gasteiger partial charge in [0.1, 0.15) is 21.6 Å². The van der Waals surface area contributed by atoms with Crippen LogP contribution in [0.2, 0.25) is 0 Å². The molecule has 5 nitrogen and oxygen atoms in total. The van der Waals surface area contributed by atoms with E-state index in [2.05, 4.69) is 21.0 Å². The van der Waals surface area contributed by atoms with Crippen LogP contribution in [-0.4, -0.2) is 20.9 Å². The molecule has 8 heteroatoms. The summed E-state index contributed by atoms with van der Waals surface area (Å²) < 4.78 is 7.76. The Labute approximate surface area is 184 Å². The smallest absolute Gasteiger partial charge is 0.341 e. The van der Waals surface area contributed by atoms with Crippen molar-refractivity contribution in [1.29, 1.82) is 0 Å². The molecule has 5 rings (SSSR count). The molecule has 0 aliphatic rings. The van der Waals surface area contributed by atoms with Crippen LogP contribution >= 0.6 is 34.4 Å². The zero-order valence-corrected chi connectivity index (χ0v) is 18.1. The number of thiazole rings is 2. The molecule has 3 heterocycles. The van der Waals surface area contributed by atoms with Gasteiger partial charge in [0.05, 0.1) is 31.7 Å². The molecule has 0 atom stereocenters. The Kier molecular flexibility index (Phi) is 5.44. The Bertz CT molecular complexity index is 1280. The summed E-state index contributed by atoms with van der Waals surface area (Å²) >= 11 is 4.68. The van der Waals surface area contributed by atoms with Crippen LogP contribution < -0.4 is 0 Å². The van der Waals surface area contributed by atoms with E-state index < -0.39 is 5.97 Å². The highest BCUT2D eigenvalue weighted by molar-refractivity contribution is 7.98. The minimum Gasteiger partial charge on any atom is -0.455 e. The second-order valence-electron chi connectivity index (χ2n) is 6.37. The maximum absolute atomic E-state index is 12.7. The van der Waals surface area contributed by atoms with Gasteiger partial charge in [0, 0.05) is 6.20 Å². The number of pyridine rings is 1. The molecule has 148 valence electrons. The second-order valence-corrected chi connectivity index (χ2v) is 9.57. The number of rotatable bonds is 6. The van der Waals surface area contributed by atoms with Gasteiger partial charge >= 0.3 is 5.97 Å². The minimum absolute atomic E-state index is 0.148. The number of aromatic nitrogens is 3. The van der Waals surface area contributed by atoms with Crippen molar-refractivity contribution in [2.45, 2.75) is 17.4 Å². The second kappa shape index (κ2) is 8.51. The van der Waals surface area contributed by atoms with Crippen molar-refractivity contribution in [3.63, 3.8) is 0 Å². The molecule has 0 aliphatic heterocycles. The number of fused-ring (bicyclic) bond motifs is 2. The van der Waals surface area contributed by atoms with Crippen LogP contribution in [-0.2, 0) is 17.1 Å². The molecular formula is C22H15N3O2S3. The zero-order chi connectivity index (χ0) is 20.3. The Morgan fingerprint density at radius 2 is 1.53 bits per heavy atom. The molecule has 5 aromatic rings. The van der Waals surface area contributed by atoms with E-state index in [4.69, 9.17) is 4.74 Å². The van der Waals surface area contributed by atoms with Crippen molar-refractivity contribution in [1.82, 2.24) is 15.0 Å². The fourth-order valence-corrected chi connectivity index (χ4v) is 5.78. The first-order valence-electron chi connectivity index (χ1n) is 9.20. The Morgan fingerprint density at radius 1 is 0.867 bits per heavy atom. The maximum atomic E-state index is 12.7. The maximum Gasteiger partial charge on any atom is 0.341 e. The van der Waals surface area contributed by atoms with E-state index in [9.17, 15) is 4.79 Å². The SMILES string of the molecule is O=C(OCc1nc2ccccc2s1)c1cccnc1SCc1nc2ccccc2s1. The first-order valence-corrected chi connectivity index (χ1v) is 11.8. The highest BCUT2D eigenvalue weighted by atomic mass is 32.2. The summed E-state index contributed by atoms with van der Waals surface area (Å²) in [6.45, 7) is 0.148. The molecule has 3 aromatic heterocycles. The number of esters is 1. The number of ether oxygens (including phenoxy) is 1. The van der Waals surface area contributed by atoms with E-state index in [1.54, 1.807) is 29.7 Å². The van der Waals surface area contributed by atoms with Crippen molar-refractivity contribution in [2.75, 3.05) is 0 Å². The molecule has 0 aliphatic carbocycles. The van der Waals surface area contributed by atoms with E-state index in [-0.39, 0.29) is 6.61 Å². The van der Waals surface area contributed by atoms with Crippen LogP contribution in [0.4, 0.5) is 0 Å². The van der Waals surface area contributed by atoms with Crippen LogP contribution in [0.15, 0.2) is 71.9 Å². The summed E-state index contributed by atoms with van der Waals surface area (Å²) in [7, 11) is 0. The van der Waals surface area contributed by atoms with Crippen molar-refractivity contribution >= 4 is 60.8 Å². The third kappa shape index (κ3) is 4.07. The standard InChI is InChI=1S/C22H15N3O2S3/c26-22(27-12-19-24-15-7-1-3-9-17(15)29-19)14-6-5-11-23-21(14)28-13-20-25-16-8-2-4-10-18(16)30-20/h1-11H,12-13H2. The lowest BCUT2D eigenvalue weighted by Gasteiger charge is -2.07. The minimum atomic E-state index is -0.394. The average Bonchev–Trinajstić information content (AvgIpc) is 3.39. The highest BCUT2D eigenvalue weighted by Gasteiger charge is 2.16. The van der Waals surface area contributed by atoms with Gasteiger partial charge in [-0.25, -0.2) is 19.7 Å². The topological polar surface area (TPSA) is 65.0 Å². The van der Waals surface area contributed by atoms with Crippen LogP contribution in [0.1, 0.15) is 20.4 Å². The summed E-state index contributed by atoms with van der Waals surface area (Å²) in [5.41, 5.74) is 2.38. The largest absolute Gasteiger partial charge is 0.455 e. The van der Waals surface area contributed by atoms with Crippen molar-refractivity contribution in [2.24, 2.45) is 0 Å². The number of hydrogen-bond donors (Lipinski definition) is 0. The number of nitrogens with zero attached hydrogens (tertiary/aromatic N) is 3. The molecule has 0 radical (unpaired) electrons. The van der Waals surface area contributed by atoms with E-state index in [1.807, 2.05) is 42.5 Å². The lowest BCUT2D eigenvalue weighted by molar-refractivity contribution is 0.0467. The first-order chi connectivity index (χ1) is 14.8. The number of carbonyl (C=O) groups excluding carboxylic acids is 1. The third-order valence-corrected chi connectivity index (χ3v) is 7.57. The normalized spacial score (nSPS) is 11.2. The average molecular weight is 450 g/mol. The number of carbonyl (C=O) groups is 1. The summed E-state index contributed by atoms with van der Waals surface area (Å²) in [5.74, 6) is 0.253. The quantitative estimate of drug-likeness (QED) is 0.236. The van der Waals surface area contributed by atoms with Gasteiger partial charge in [-0.2, -0.15) is 0 Å². The molecule has 0 saturated heterocycles. The fourth-order valence-electron chi connectivity index (χ4n) is 2.96. The van der Waals surface area contributed by atoms with Gasteiger partial charge < -0.3 is 4.74 Å². The monoisotopic (exact) mass is 449 g/mol.